The molecule has 1 heterocycles. The standard InChI is InChI=1S/C19H14ClNO4S2/c20-14-4-2-1-3-12(14)7-11-5-6-15(22)13(8-11)9-16-18(25)21(10-17(23)24)19(26)27-16/h1-6,8-9,22H,7,10H2,(H,23,24)/b16-9+. The number of carbonyl (C=O) groups excluding carboxylic acids is 1. The van der Waals surface area contributed by atoms with Crippen molar-refractivity contribution in [1.29, 1.82) is 0 Å². The Morgan fingerprint density at radius 3 is 2.70 bits per heavy atom. The van der Waals surface area contributed by atoms with Crippen molar-refractivity contribution in [2.45, 2.75) is 6.42 Å². The zero-order valence-corrected chi connectivity index (χ0v) is 16.3. The van der Waals surface area contributed by atoms with Crippen LogP contribution in [-0.4, -0.2) is 37.9 Å². The number of aromatic hydroxyl groups is 1. The summed E-state index contributed by atoms with van der Waals surface area (Å²) in [5, 5.41) is 19.7. The molecule has 2 aromatic carbocycles. The maximum absolute atomic E-state index is 12.4. The van der Waals surface area contributed by atoms with Gasteiger partial charge in [0.25, 0.3) is 5.91 Å². The predicted octanol–water partition coefficient (Wildman–Crippen LogP) is 3.92. The van der Waals surface area contributed by atoms with Crippen molar-refractivity contribution in [3.05, 3.63) is 69.1 Å². The molecule has 2 N–H and O–H groups in total. The quantitative estimate of drug-likeness (QED) is 0.565. The molecular weight excluding hydrogens is 406 g/mol. The van der Waals surface area contributed by atoms with Crippen molar-refractivity contribution < 1.29 is 19.8 Å². The van der Waals surface area contributed by atoms with E-state index >= 15 is 0 Å². The summed E-state index contributed by atoms with van der Waals surface area (Å²) in [6.07, 6.45) is 2.09. The number of benzene rings is 2. The number of carboxylic acids is 1. The molecule has 0 unspecified atom stereocenters. The lowest BCUT2D eigenvalue weighted by Gasteiger charge is -2.10. The minimum absolute atomic E-state index is 0.0152. The number of carboxylic acid groups (broad SMARTS) is 1. The lowest BCUT2D eigenvalue weighted by molar-refractivity contribution is -0.140. The fraction of sp³-hybridized carbons (Fsp3) is 0.105. The Bertz CT molecular complexity index is 974. The number of hydrogen-bond donors (Lipinski definition) is 2. The number of phenols is 1. The third kappa shape index (κ3) is 4.50. The van der Waals surface area contributed by atoms with Gasteiger partial charge in [0.05, 0.1) is 4.91 Å². The van der Waals surface area contributed by atoms with Crippen LogP contribution in [0.15, 0.2) is 47.4 Å². The summed E-state index contributed by atoms with van der Waals surface area (Å²) in [6.45, 7) is -0.486. The SMILES string of the molecule is O=C(O)CN1C(=O)/C(=C\c2cc(Cc3ccccc3Cl)ccc2O)SC1=S. The molecular formula is C19H14ClNO4S2. The van der Waals surface area contributed by atoms with Crippen LogP contribution in [0.3, 0.4) is 0 Å². The molecule has 2 aromatic rings. The fourth-order valence-electron chi connectivity index (χ4n) is 2.60. The molecule has 0 atom stereocenters. The van der Waals surface area contributed by atoms with E-state index in [0.717, 1.165) is 27.8 Å². The van der Waals surface area contributed by atoms with Crippen LogP contribution in [-0.2, 0) is 16.0 Å². The molecule has 0 spiro atoms. The molecule has 0 aliphatic carbocycles. The Hall–Kier alpha value is -2.35. The van der Waals surface area contributed by atoms with Gasteiger partial charge in [0.2, 0.25) is 0 Å². The van der Waals surface area contributed by atoms with Crippen LogP contribution in [0.5, 0.6) is 5.75 Å². The lowest BCUT2D eigenvalue weighted by Crippen LogP contribution is -2.33. The largest absolute Gasteiger partial charge is 0.507 e. The number of halogens is 1. The van der Waals surface area contributed by atoms with Crippen molar-refractivity contribution >= 4 is 57.9 Å². The van der Waals surface area contributed by atoms with Crippen molar-refractivity contribution in [3.63, 3.8) is 0 Å². The van der Waals surface area contributed by atoms with E-state index in [1.807, 2.05) is 24.3 Å². The van der Waals surface area contributed by atoms with Gasteiger partial charge in [-0.1, -0.05) is 59.8 Å². The molecule has 8 heteroatoms. The fourth-order valence-corrected chi connectivity index (χ4v) is 4.05. The third-order valence-corrected chi connectivity index (χ3v) is 5.64. The number of phenolic OH excluding ortho intramolecular Hbond substituents is 1. The van der Waals surface area contributed by atoms with Gasteiger partial charge >= 0.3 is 5.97 Å². The molecule has 0 saturated carbocycles. The number of hydrogen-bond acceptors (Lipinski definition) is 5. The summed E-state index contributed by atoms with van der Waals surface area (Å²) in [4.78, 5) is 24.5. The molecule has 1 saturated heterocycles. The number of nitrogens with zero attached hydrogens (tertiary/aromatic N) is 1. The van der Waals surface area contributed by atoms with Crippen molar-refractivity contribution in [3.8, 4) is 5.75 Å². The van der Waals surface area contributed by atoms with Crippen LogP contribution in [0.1, 0.15) is 16.7 Å². The van der Waals surface area contributed by atoms with E-state index in [1.165, 1.54) is 6.08 Å². The van der Waals surface area contributed by atoms with E-state index in [9.17, 15) is 14.7 Å². The van der Waals surface area contributed by atoms with Crippen LogP contribution in [0.4, 0.5) is 0 Å². The smallest absolute Gasteiger partial charge is 0.323 e. The highest BCUT2D eigenvalue weighted by atomic mass is 35.5. The molecule has 1 fully saturated rings. The number of carbonyl (C=O) groups is 2. The molecule has 1 aliphatic heterocycles. The Balaban J connectivity index is 1.88. The zero-order chi connectivity index (χ0) is 19.6. The van der Waals surface area contributed by atoms with Crippen molar-refractivity contribution in [2.24, 2.45) is 0 Å². The van der Waals surface area contributed by atoms with Crippen LogP contribution < -0.4 is 0 Å². The van der Waals surface area contributed by atoms with E-state index in [4.69, 9.17) is 28.9 Å². The van der Waals surface area contributed by atoms with Gasteiger partial charge in [-0.25, -0.2) is 0 Å². The highest BCUT2D eigenvalue weighted by molar-refractivity contribution is 8.26. The first-order valence-corrected chi connectivity index (χ1v) is 9.48. The predicted molar refractivity (Wildman–Crippen MR) is 110 cm³/mol. The molecule has 5 nitrogen and oxygen atoms in total. The van der Waals surface area contributed by atoms with Crippen LogP contribution >= 0.6 is 35.6 Å². The number of aliphatic carboxylic acids is 1. The van der Waals surface area contributed by atoms with Crippen LogP contribution in [0.2, 0.25) is 5.02 Å². The van der Waals surface area contributed by atoms with E-state index in [0.29, 0.717) is 17.0 Å². The van der Waals surface area contributed by atoms with Gasteiger partial charge in [0.15, 0.2) is 0 Å². The van der Waals surface area contributed by atoms with Gasteiger partial charge in [-0.3, -0.25) is 14.5 Å². The Morgan fingerprint density at radius 1 is 1.26 bits per heavy atom. The van der Waals surface area contributed by atoms with E-state index in [1.54, 1.807) is 18.2 Å². The normalized spacial score (nSPS) is 15.6. The molecule has 27 heavy (non-hydrogen) atoms. The second kappa shape index (κ2) is 8.12. The third-order valence-electron chi connectivity index (χ3n) is 3.90. The summed E-state index contributed by atoms with van der Waals surface area (Å²) in [5.74, 6) is -1.61. The average Bonchev–Trinajstić information content (AvgIpc) is 2.87. The molecule has 1 aliphatic rings. The summed E-state index contributed by atoms with van der Waals surface area (Å²) >= 11 is 12.3. The number of thiocarbonyl (C=S) groups is 1. The topological polar surface area (TPSA) is 77.8 Å². The average molecular weight is 420 g/mol. The van der Waals surface area contributed by atoms with Gasteiger partial charge in [0.1, 0.15) is 16.6 Å². The second-order valence-electron chi connectivity index (χ2n) is 5.82. The van der Waals surface area contributed by atoms with Gasteiger partial charge in [-0.05, 0) is 41.8 Å². The van der Waals surface area contributed by atoms with E-state index in [-0.39, 0.29) is 15.0 Å². The van der Waals surface area contributed by atoms with E-state index in [2.05, 4.69) is 0 Å². The van der Waals surface area contributed by atoms with Crippen LogP contribution in [0, 0.1) is 0 Å². The minimum atomic E-state index is -1.14. The summed E-state index contributed by atoms with van der Waals surface area (Å²) < 4.78 is 0.181. The summed E-state index contributed by atoms with van der Waals surface area (Å²) in [7, 11) is 0. The maximum atomic E-state index is 12.4. The molecule has 0 radical (unpaired) electrons. The second-order valence-corrected chi connectivity index (χ2v) is 7.91. The first kappa shape index (κ1) is 19.4. The molecule has 0 bridgehead atoms. The van der Waals surface area contributed by atoms with Crippen LogP contribution in [0.25, 0.3) is 6.08 Å². The Kier molecular flexibility index (Phi) is 5.84. The van der Waals surface area contributed by atoms with Gasteiger partial charge < -0.3 is 10.2 Å². The monoisotopic (exact) mass is 419 g/mol. The Morgan fingerprint density at radius 2 is 2.00 bits per heavy atom. The highest BCUT2D eigenvalue weighted by Crippen LogP contribution is 2.34. The highest BCUT2D eigenvalue weighted by Gasteiger charge is 2.33. The van der Waals surface area contributed by atoms with Crippen molar-refractivity contribution in [2.75, 3.05) is 6.54 Å². The maximum Gasteiger partial charge on any atom is 0.323 e. The van der Waals surface area contributed by atoms with Gasteiger partial charge in [0, 0.05) is 10.6 Å². The van der Waals surface area contributed by atoms with E-state index < -0.39 is 18.4 Å². The molecule has 138 valence electrons. The number of amides is 1. The summed E-state index contributed by atoms with van der Waals surface area (Å²) in [6, 6.07) is 12.6. The molecule has 1 amide bonds. The molecule has 3 rings (SSSR count). The number of rotatable bonds is 5. The lowest BCUT2D eigenvalue weighted by atomic mass is 10.0. The van der Waals surface area contributed by atoms with Crippen molar-refractivity contribution in [1.82, 2.24) is 4.90 Å². The first-order valence-electron chi connectivity index (χ1n) is 7.87. The first-order chi connectivity index (χ1) is 12.8. The minimum Gasteiger partial charge on any atom is -0.507 e. The van der Waals surface area contributed by atoms with Gasteiger partial charge in [-0.2, -0.15) is 0 Å². The number of thioether (sulfide) groups is 1. The zero-order valence-electron chi connectivity index (χ0n) is 13.9. The Labute approximate surface area is 170 Å². The summed E-state index contributed by atoms with van der Waals surface area (Å²) in [5.41, 5.74) is 2.31. The molecule has 0 aromatic heterocycles. The van der Waals surface area contributed by atoms with Gasteiger partial charge in [-0.15, -0.1) is 0 Å².